The molecule has 1 amide bonds. The molecule has 1 aliphatic heterocycles. The average Bonchev–Trinajstić information content (AvgIpc) is 2.48. The number of carbonyl (C=O) groups is 2. The molecule has 0 saturated carbocycles. The zero-order chi connectivity index (χ0) is 16.1. The summed E-state index contributed by atoms with van der Waals surface area (Å²) in [6.07, 6.45) is 1.07. The van der Waals surface area contributed by atoms with E-state index in [9.17, 15) is 9.59 Å². The topological polar surface area (TPSA) is 57.6 Å². The number of hydrogen-bond acceptors (Lipinski definition) is 3. The summed E-state index contributed by atoms with van der Waals surface area (Å²) in [6.45, 7) is 3.00. The minimum Gasteiger partial charge on any atom is -0.481 e. The smallest absolute Gasteiger partial charge is 0.308 e. The Morgan fingerprint density at radius 3 is 2.64 bits per heavy atom. The normalized spacial score (nSPS) is 21.6. The average molecular weight is 342 g/mol. The number of rotatable bonds is 5. The lowest BCUT2D eigenvalue weighted by atomic mass is 9.90. The molecule has 0 aliphatic carbocycles. The van der Waals surface area contributed by atoms with E-state index in [1.165, 1.54) is 0 Å². The predicted octanol–water partition coefficient (Wildman–Crippen LogP) is 3.39. The third-order valence-corrected chi connectivity index (χ3v) is 5.03. The van der Waals surface area contributed by atoms with Crippen LogP contribution in [0.15, 0.2) is 29.2 Å². The Hall–Kier alpha value is -1.20. The van der Waals surface area contributed by atoms with Gasteiger partial charge < -0.3 is 10.0 Å². The zero-order valence-corrected chi connectivity index (χ0v) is 14.1. The molecule has 0 spiro atoms. The van der Waals surface area contributed by atoms with Crippen molar-refractivity contribution in [2.75, 3.05) is 18.8 Å². The molecule has 2 atom stereocenters. The SMILES string of the molecule is CC1CC(C(=O)O)CN(C(=O)CCSc2ccc(Cl)cc2)C1. The first-order chi connectivity index (χ1) is 10.5. The number of likely N-dealkylation sites (tertiary alicyclic amines) is 1. The van der Waals surface area contributed by atoms with E-state index in [2.05, 4.69) is 0 Å². The number of carboxylic acid groups (broad SMARTS) is 1. The predicted molar refractivity (Wildman–Crippen MR) is 88.3 cm³/mol. The molecule has 1 aromatic rings. The van der Waals surface area contributed by atoms with Crippen LogP contribution in [0.4, 0.5) is 0 Å². The molecule has 0 aromatic heterocycles. The van der Waals surface area contributed by atoms with Crippen LogP contribution in [0.25, 0.3) is 0 Å². The number of thioether (sulfide) groups is 1. The van der Waals surface area contributed by atoms with Gasteiger partial charge in [0.25, 0.3) is 0 Å². The molecule has 22 heavy (non-hydrogen) atoms. The van der Waals surface area contributed by atoms with E-state index in [0.717, 1.165) is 4.90 Å². The van der Waals surface area contributed by atoms with Gasteiger partial charge in [0, 0.05) is 35.2 Å². The molecule has 1 heterocycles. The minimum absolute atomic E-state index is 0.0410. The molecule has 6 heteroatoms. The van der Waals surface area contributed by atoms with Crippen LogP contribution in [0.1, 0.15) is 19.8 Å². The van der Waals surface area contributed by atoms with Crippen LogP contribution in [-0.2, 0) is 9.59 Å². The summed E-state index contributed by atoms with van der Waals surface area (Å²) in [5.41, 5.74) is 0. The second-order valence-electron chi connectivity index (χ2n) is 5.73. The number of carbonyl (C=O) groups excluding carboxylic acids is 1. The molecular formula is C16H20ClNO3S. The van der Waals surface area contributed by atoms with Crippen molar-refractivity contribution in [2.45, 2.75) is 24.7 Å². The van der Waals surface area contributed by atoms with Crippen molar-refractivity contribution in [2.24, 2.45) is 11.8 Å². The van der Waals surface area contributed by atoms with Crippen molar-refractivity contribution in [3.05, 3.63) is 29.3 Å². The van der Waals surface area contributed by atoms with Crippen LogP contribution < -0.4 is 0 Å². The summed E-state index contributed by atoms with van der Waals surface area (Å²) in [7, 11) is 0. The van der Waals surface area contributed by atoms with Gasteiger partial charge in [0.05, 0.1) is 5.92 Å². The number of carboxylic acids is 1. The van der Waals surface area contributed by atoms with E-state index in [-0.39, 0.29) is 11.8 Å². The first-order valence-electron chi connectivity index (χ1n) is 7.34. The van der Waals surface area contributed by atoms with Gasteiger partial charge in [0.15, 0.2) is 0 Å². The third-order valence-electron chi connectivity index (χ3n) is 3.76. The fraction of sp³-hybridized carbons (Fsp3) is 0.500. The van der Waals surface area contributed by atoms with E-state index in [1.54, 1.807) is 16.7 Å². The van der Waals surface area contributed by atoms with Crippen LogP contribution in [0.2, 0.25) is 5.02 Å². The quantitative estimate of drug-likeness (QED) is 0.834. The molecule has 120 valence electrons. The molecular weight excluding hydrogens is 322 g/mol. The Balaban J connectivity index is 1.81. The van der Waals surface area contributed by atoms with Crippen molar-refractivity contribution < 1.29 is 14.7 Å². The van der Waals surface area contributed by atoms with Crippen molar-refractivity contribution in [3.63, 3.8) is 0 Å². The number of hydrogen-bond donors (Lipinski definition) is 1. The highest BCUT2D eigenvalue weighted by atomic mass is 35.5. The summed E-state index contributed by atoms with van der Waals surface area (Å²) in [6, 6.07) is 7.52. The molecule has 1 aromatic carbocycles. The van der Waals surface area contributed by atoms with Gasteiger partial charge in [-0.2, -0.15) is 0 Å². The maximum absolute atomic E-state index is 12.3. The van der Waals surface area contributed by atoms with Crippen LogP contribution in [0.3, 0.4) is 0 Å². The van der Waals surface area contributed by atoms with Gasteiger partial charge in [-0.3, -0.25) is 9.59 Å². The molecule has 0 bridgehead atoms. The van der Waals surface area contributed by atoms with E-state index < -0.39 is 11.9 Å². The Labute approximate surface area is 139 Å². The Morgan fingerprint density at radius 2 is 2.00 bits per heavy atom. The zero-order valence-electron chi connectivity index (χ0n) is 12.5. The number of nitrogens with zero attached hydrogens (tertiary/aromatic N) is 1. The van der Waals surface area contributed by atoms with E-state index >= 15 is 0 Å². The number of amides is 1. The lowest BCUT2D eigenvalue weighted by molar-refractivity contribution is -0.146. The largest absolute Gasteiger partial charge is 0.481 e. The Kier molecular flexibility index (Phi) is 6.15. The fourth-order valence-electron chi connectivity index (χ4n) is 2.68. The van der Waals surface area contributed by atoms with Gasteiger partial charge in [-0.15, -0.1) is 11.8 Å². The highest BCUT2D eigenvalue weighted by Gasteiger charge is 2.31. The monoisotopic (exact) mass is 341 g/mol. The first kappa shape index (κ1) is 17.2. The van der Waals surface area contributed by atoms with Gasteiger partial charge in [-0.25, -0.2) is 0 Å². The highest BCUT2D eigenvalue weighted by molar-refractivity contribution is 7.99. The fourth-order valence-corrected chi connectivity index (χ4v) is 3.65. The highest BCUT2D eigenvalue weighted by Crippen LogP contribution is 2.24. The molecule has 2 rings (SSSR count). The van der Waals surface area contributed by atoms with Crippen LogP contribution in [-0.4, -0.2) is 40.7 Å². The lowest BCUT2D eigenvalue weighted by Gasteiger charge is -2.34. The summed E-state index contributed by atoms with van der Waals surface area (Å²) in [5.74, 6) is -0.276. The van der Waals surface area contributed by atoms with E-state index in [1.807, 2.05) is 31.2 Å². The molecule has 0 radical (unpaired) electrons. The second-order valence-corrected chi connectivity index (χ2v) is 7.33. The number of piperidine rings is 1. The summed E-state index contributed by atoms with van der Waals surface area (Å²) in [5, 5.41) is 9.85. The van der Waals surface area contributed by atoms with Crippen molar-refractivity contribution in [3.8, 4) is 0 Å². The van der Waals surface area contributed by atoms with Crippen molar-refractivity contribution in [1.82, 2.24) is 4.90 Å². The second kappa shape index (κ2) is 7.88. The molecule has 1 saturated heterocycles. The number of halogens is 1. The third kappa shape index (κ3) is 4.92. The van der Waals surface area contributed by atoms with Crippen LogP contribution in [0.5, 0.6) is 0 Å². The summed E-state index contributed by atoms with van der Waals surface area (Å²) in [4.78, 5) is 26.2. The maximum atomic E-state index is 12.3. The van der Waals surface area contributed by atoms with Crippen molar-refractivity contribution >= 4 is 35.2 Å². The lowest BCUT2D eigenvalue weighted by Crippen LogP contribution is -2.45. The number of aliphatic carboxylic acids is 1. The van der Waals surface area contributed by atoms with E-state index in [0.29, 0.717) is 36.7 Å². The van der Waals surface area contributed by atoms with Gasteiger partial charge in [-0.05, 0) is 36.6 Å². The molecule has 1 N–H and O–H groups in total. The molecule has 1 fully saturated rings. The van der Waals surface area contributed by atoms with Crippen LogP contribution in [0, 0.1) is 11.8 Å². The summed E-state index contributed by atoms with van der Waals surface area (Å²) >= 11 is 7.44. The Bertz CT molecular complexity index is 535. The van der Waals surface area contributed by atoms with Gasteiger partial charge in [-0.1, -0.05) is 18.5 Å². The summed E-state index contributed by atoms with van der Waals surface area (Å²) < 4.78 is 0. The van der Waals surface area contributed by atoms with Gasteiger partial charge >= 0.3 is 5.97 Å². The Morgan fingerprint density at radius 1 is 1.32 bits per heavy atom. The van der Waals surface area contributed by atoms with Gasteiger partial charge in [0.1, 0.15) is 0 Å². The van der Waals surface area contributed by atoms with E-state index in [4.69, 9.17) is 16.7 Å². The molecule has 1 aliphatic rings. The van der Waals surface area contributed by atoms with Crippen molar-refractivity contribution in [1.29, 1.82) is 0 Å². The first-order valence-corrected chi connectivity index (χ1v) is 8.71. The van der Waals surface area contributed by atoms with Crippen LogP contribution >= 0.6 is 23.4 Å². The maximum Gasteiger partial charge on any atom is 0.308 e. The standard InChI is InChI=1S/C16H20ClNO3S/c1-11-8-12(16(20)21)10-18(9-11)15(19)6-7-22-14-4-2-13(17)3-5-14/h2-5,11-12H,6-10H2,1H3,(H,20,21). The van der Waals surface area contributed by atoms with Gasteiger partial charge in [0.2, 0.25) is 5.91 Å². The molecule has 4 nitrogen and oxygen atoms in total. The number of benzene rings is 1. The molecule has 2 unspecified atom stereocenters. The minimum atomic E-state index is -0.806.